The lowest BCUT2D eigenvalue weighted by Gasteiger charge is -2.31. The fraction of sp³-hybridized carbons (Fsp3) is 0.308. The van der Waals surface area contributed by atoms with E-state index in [0.717, 1.165) is 6.42 Å². The molecule has 4 heteroatoms. The number of fused-ring (bicyclic) bond motifs is 1. The SMILES string of the molecule is O=C(O)C1CCC1c1cc2cc(F)ccc2o1. The van der Waals surface area contributed by atoms with E-state index in [1.807, 2.05) is 0 Å². The third kappa shape index (κ3) is 1.60. The zero-order valence-electron chi connectivity index (χ0n) is 9.02. The van der Waals surface area contributed by atoms with Crippen LogP contribution < -0.4 is 0 Å². The molecule has 0 spiro atoms. The number of rotatable bonds is 2. The van der Waals surface area contributed by atoms with Gasteiger partial charge in [0.2, 0.25) is 0 Å². The molecule has 0 amide bonds. The van der Waals surface area contributed by atoms with Crippen molar-refractivity contribution in [2.75, 3.05) is 0 Å². The number of halogens is 1. The van der Waals surface area contributed by atoms with Crippen LogP contribution in [-0.2, 0) is 4.79 Å². The fourth-order valence-electron chi connectivity index (χ4n) is 2.35. The first-order valence-corrected chi connectivity index (χ1v) is 5.57. The van der Waals surface area contributed by atoms with Gasteiger partial charge in [-0.2, -0.15) is 0 Å². The predicted molar refractivity (Wildman–Crippen MR) is 59.3 cm³/mol. The van der Waals surface area contributed by atoms with Crippen molar-refractivity contribution in [3.8, 4) is 0 Å². The second kappa shape index (κ2) is 3.58. The Morgan fingerprint density at radius 2 is 2.18 bits per heavy atom. The van der Waals surface area contributed by atoms with Gasteiger partial charge in [-0.1, -0.05) is 0 Å². The maximum absolute atomic E-state index is 13.0. The molecule has 0 radical (unpaired) electrons. The van der Waals surface area contributed by atoms with E-state index in [0.29, 0.717) is 23.2 Å². The van der Waals surface area contributed by atoms with Gasteiger partial charge < -0.3 is 9.52 Å². The van der Waals surface area contributed by atoms with Crippen LogP contribution in [-0.4, -0.2) is 11.1 Å². The minimum absolute atomic E-state index is 0.0667. The molecule has 1 aromatic carbocycles. The molecular weight excluding hydrogens is 223 g/mol. The van der Waals surface area contributed by atoms with Gasteiger partial charge in [-0.25, -0.2) is 4.39 Å². The highest BCUT2D eigenvalue weighted by atomic mass is 19.1. The zero-order chi connectivity index (χ0) is 12.0. The quantitative estimate of drug-likeness (QED) is 0.868. The highest BCUT2D eigenvalue weighted by Crippen LogP contribution is 2.44. The highest BCUT2D eigenvalue weighted by molar-refractivity contribution is 5.79. The number of benzene rings is 1. The van der Waals surface area contributed by atoms with Crippen LogP contribution in [0.15, 0.2) is 28.7 Å². The summed E-state index contributed by atoms with van der Waals surface area (Å²) < 4.78 is 18.6. The molecule has 1 saturated carbocycles. The fourth-order valence-corrected chi connectivity index (χ4v) is 2.35. The van der Waals surface area contributed by atoms with Gasteiger partial charge in [-0.15, -0.1) is 0 Å². The molecule has 17 heavy (non-hydrogen) atoms. The Labute approximate surface area is 96.8 Å². The van der Waals surface area contributed by atoms with Crippen molar-refractivity contribution >= 4 is 16.9 Å². The van der Waals surface area contributed by atoms with E-state index in [-0.39, 0.29) is 17.7 Å². The molecule has 1 heterocycles. The van der Waals surface area contributed by atoms with Crippen molar-refractivity contribution in [3.05, 3.63) is 35.8 Å². The highest BCUT2D eigenvalue weighted by Gasteiger charge is 2.39. The molecule has 88 valence electrons. The second-order valence-electron chi connectivity index (χ2n) is 4.46. The maximum atomic E-state index is 13.0. The van der Waals surface area contributed by atoms with Crippen LogP contribution in [0.25, 0.3) is 11.0 Å². The van der Waals surface area contributed by atoms with Gasteiger partial charge in [0.15, 0.2) is 0 Å². The molecule has 1 aliphatic carbocycles. The van der Waals surface area contributed by atoms with E-state index in [2.05, 4.69) is 0 Å². The van der Waals surface area contributed by atoms with Crippen molar-refractivity contribution in [3.63, 3.8) is 0 Å². The summed E-state index contributed by atoms with van der Waals surface area (Å²) in [5.41, 5.74) is 0.609. The first kappa shape index (κ1) is 10.3. The van der Waals surface area contributed by atoms with E-state index in [1.165, 1.54) is 12.1 Å². The summed E-state index contributed by atoms with van der Waals surface area (Å²) in [5, 5.41) is 9.67. The maximum Gasteiger partial charge on any atom is 0.307 e. The molecule has 1 fully saturated rings. The molecule has 1 aromatic heterocycles. The van der Waals surface area contributed by atoms with Crippen LogP contribution in [0, 0.1) is 11.7 Å². The first-order valence-electron chi connectivity index (χ1n) is 5.57. The van der Waals surface area contributed by atoms with E-state index >= 15 is 0 Å². The molecule has 3 rings (SSSR count). The molecule has 3 nitrogen and oxygen atoms in total. The van der Waals surface area contributed by atoms with Crippen molar-refractivity contribution in [1.29, 1.82) is 0 Å². The van der Waals surface area contributed by atoms with Crippen molar-refractivity contribution in [1.82, 2.24) is 0 Å². The van der Waals surface area contributed by atoms with E-state index in [9.17, 15) is 9.18 Å². The third-order valence-corrected chi connectivity index (χ3v) is 3.45. The standard InChI is InChI=1S/C13H11FO3/c14-8-1-4-11-7(5-8)6-12(17-11)9-2-3-10(9)13(15)16/h1,4-6,9-10H,2-3H2,(H,15,16). The van der Waals surface area contributed by atoms with E-state index in [1.54, 1.807) is 12.1 Å². The molecule has 2 aromatic rings. The van der Waals surface area contributed by atoms with Gasteiger partial charge in [0.05, 0.1) is 5.92 Å². The Morgan fingerprint density at radius 3 is 2.82 bits per heavy atom. The molecule has 1 N–H and O–H groups in total. The van der Waals surface area contributed by atoms with E-state index < -0.39 is 5.97 Å². The largest absolute Gasteiger partial charge is 0.481 e. The van der Waals surface area contributed by atoms with Crippen LogP contribution in [0.2, 0.25) is 0 Å². The average Bonchev–Trinajstić information content (AvgIpc) is 2.56. The normalized spacial score (nSPS) is 23.6. The topological polar surface area (TPSA) is 50.4 Å². The minimum atomic E-state index is -0.784. The van der Waals surface area contributed by atoms with Gasteiger partial charge >= 0.3 is 5.97 Å². The first-order chi connectivity index (χ1) is 8.15. The van der Waals surface area contributed by atoms with Gasteiger partial charge in [0.25, 0.3) is 0 Å². The number of hydrogen-bond acceptors (Lipinski definition) is 2. The van der Waals surface area contributed by atoms with Crippen LogP contribution in [0.1, 0.15) is 24.5 Å². The smallest absolute Gasteiger partial charge is 0.307 e. The second-order valence-corrected chi connectivity index (χ2v) is 4.46. The molecule has 0 bridgehead atoms. The van der Waals surface area contributed by atoms with Gasteiger partial charge in [0.1, 0.15) is 17.2 Å². The number of hydrogen-bond donors (Lipinski definition) is 1. The number of carbonyl (C=O) groups is 1. The number of furan rings is 1. The number of carboxylic acid groups (broad SMARTS) is 1. The van der Waals surface area contributed by atoms with Crippen molar-refractivity contribution in [2.45, 2.75) is 18.8 Å². The summed E-state index contributed by atoms with van der Waals surface area (Å²) in [6, 6.07) is 6.06. The Hall–Kier alpha value is -1.84. The number of aliphatic carboxylic acids is 1. The lowest BCUT2D eigenvalue weighted by Crippen LogP contribution is -2.30. The van der Waals surface area contributed by atoms with Gasteiger partial charge in [0, 0.05) is 11.3 Å². The van der Waals surface area contributed by atoms with Crippen LogP contribution in [0.4, 0.5) is 4.39 Å². The molecule has 0 saturated heterocycles. The van der Waals surface area contributed by atoms with Crippen LogP contribution >= 0.6 is 0 Å². The third-order valence-electron chi connectivity index (χ3n) is 3.45. The monoisotopic (exact) mass is 234 g/mol. The molecular formula is C13H11FO3. The summed E-state index contributed by atoms with van der Waals surface area (Å²) >= 11 is 0. The van der Waals surface area contributed by atoms with Crippen molar-refractivity contribution in [2.24, 2.45) is 5.92 Å². The van der Waals surface area contributed by atoms with Crippen LogP contribution in [0.5, 0.6) is 0 Å². The summed E-state index contributed by atoms with van der Waals surface area (Å²) in [4.78, 5) is 10.9. The molecule has 0 aliphatic heterocycles. The summed E-state index contributed by atoms with van der Waals surface area (Å²) in [7, 11) is 0. The lowest BCUT2D eigenvalue weighted by molar-refractivity contribution is -0.145. The lowest BCUT2D eigenvalue weighted by atomic mass is 9.72. The Kier molecular flexibility index (Phi) is 2.18. The summed E-state index contributed by atoms with van der Waals surface area (Å²) in [6.07, 6.45) is 1.50. The number of carboxylic acids is 1. The Balaban J connectivity index is 1.98. The summed E-state index contributed by atoms with van der Waals surface area (Å²) in [6.45, 7) is 0. The zero-order valence-corrected chi connectivity index (χ0v) is 9.02. The summed E-state index contributed by atoms with van der Waals surface area (Å²) in [5.74, 6) is -0.867. The Morgan fingerprint density at radius 1 is 1.35 bits per heavy atom. The van der Waals surface area contributed by atoms with Gasteiger partial charge in [-0.05, 0) is 37.1 Å². The average molecular weight is 234 g/mol. The van der Waals surface area contributed by atoms with Crippen molar-refractivity contribution < 1.29 is 18.7 Å². The van der Waals surface area contributed by atoms with E-state index in [4.69, 9.17) is 9.52 Å². The Bertz CT molecular complexity index is 587. The molecule has 2 atom stereocenters. The molecule has 1 aliphatic rings. The molecule has 2 unspecified atom stereocenters. The van der Waals surface area contributed by atoms with Gasteiger partial charge in [-0.3, -0.25) is 4.79 Å². The van der Waals surface area contributed by atoms with Crippen LogP contribution in [0.3, 0.4) is 0 Å². The predicted octanol–water partition coefficient (Wildman–Crippen LogP) is 3.15. The minimum Gasteiger partial charge on any atom is -0.481 e.